The Balaban J connectivity index is 1.82. The summed E-state index contributed by atoms with van der Waals surface area (Å²) in [6, 6.07) is 6.54. The van der Waals surface area contributed by atoms with Crippen LogP contribution >= 0.6 is 35.4 Å². The maximum atomic E-state index is 11.7. The number of aliphatic hydroxyl groups excluding tert-OH is 1. The van der Waals surface area contributed by atoms with Gasteiger partial charge in [-0.1, -0.05) is 23.2 Å². The van der Waals surface area contributed by atoms with Gasteiger partial charge in [0.15, 0.2) is 5.75 Å². The van der Waals surface area contributed by atoms with Crippen LogP contribution in [0.5, 0.6) is 5.75 Å². The fourth-order valence-corrected chi connectivity index (χ4v) is 3.13. The number of aromatic nitrogens is 1. The summed E-state index contributed by atoms with van der Waals surface area (Å²) in [5, 5.41) is 9.78. The number of hydrogen-bond acceptors (Lipinski definition) is 6. The molecule has 9 heteroatoms. The number of esters is 1. The van der Waals surface area contributed by atoms with Crippen molar-refractivity contribution in [1.29, 1.82) is 0 Å². The van der Waals surface area contributed by atoms with Crippen LogP contribution in [-0.2, 0) is 11.3 Å². The van der Waals surface area contributed by atoms with E-state index < -0.39 is 5.97 Å². The van der Waals surface area contributed by atoms with Gasteiger partial charge in [0.2, 0.25) is 0 Å². The number of halogens is 2. The van der Waals surface area contributed by atoms with E-state index >= 15 is 0 Å². The molecule has 1 aliphatic heterocycles. The minimum absolute atomic E-state index is 0.0788. The first-order valence-electron chi connectivity index (χ1n) is 7.21. The van der Waals surface area contributed by atoms with Crippen molar-refractivity contribution < 1.29 is 19.4 Å². The first-order valence-corrected chi connectivity index (χ1v) is 8.37. The second-order valence-corrected chi connectivity index (χ2v) is 6.28. The van der Waals surface area contributed by atoms with Gasteiger partial charge in [-0.05, 0) is 36.5 Å². The Labute approximate surface area is 158 Å². The van der Waals surface area contributed by atoms with Crippen molar-refractivity contribution in [3.63, 3.8) is 0 Å². The van der Waals surface area contributed by atoms with Gasteiger partial charge < -0.3 is 14.6 Å². The number of pyridine rings is 1. The second kappa shape index (κ2) is 7.53. The minimum atomic E-state index is -0.609. The van der Waals surface area contributed by atoms with E-state index in [1.165, 1.54) is 12.3 Å². The first kappa shape index (κ1) is 17.9. The van der Waals surface area contributed by atoms with Crippen molar-refractivity contribution in [2.75, 3.05) is 18.1 Å². The number of hydrogen-bond donors (Lipinski definition) is 1. The Kier molecular flexibility index (Phi) is 5.39. The molecule has 0 radical (unpaired) electrons. The number of aliphatic hydroxyl groups is 1. The maximum absolute atomic E-state index is 11.7. The molecule has 0 amide bonds. The third-order valence-corrected chi connectivity index (χ3v) is 4.22. The van der Waals surface area contributed by atoms with E-state index in [0.29, 0.717) is 28.0 Å². The van der Waals surface area contributed by atoms with Crippen LogP contribution < -0.4 is 9.64 Å². The number of carbonyl (C=O) groups is 1. The van der Waals surface area contributed by atoms with E-state index in [2.05, 4.69) is 4.98 Å². The zero-order chi connectivity index (χ0) is 18.0. The van der Waals surface area contributed by atoms with E-state index in [1.807, 2.05) is 0 Å². The Morgan fingerprint density at radius 1 is 1.40 bits per heavy atom. The van der Waals surface area contributed by atoms with E-state index in [9.17, 15) is 4.79 Å². The van der Waals surface area contributed by atoms with Crippen LogP contribution in [0.2, 0.25) is 10.0 Å². The van der Waals surface area contributed by atoms with Gasteiger partial charge >= 0.3 is 5.97 Å². The van der Waals surface area contributed by atoms with Gasteiger partial charge in [0, 0.05) is 10.6 Å². The molecule has 1 aromatic carbocycles. The quantitative estimate of drug-likeness (QED) is 0.625. The fourth-order valence-electron chi connectivity index (χ4n) is 2.30. The summed E-state index contributed by atoms with van der Waals surface area (Å²) in [6.07, 6.45) is 1.49. The molecule has 0 saturated carbocycles. The van der Waals surface area contributed by atoms with Gasteiger partial charge in [-0.2, -0.15) is 0 Å². The third-order valence-electron chi connectivity index (χ3n) is 3.42. The van der Waals surface area contributed by atoms with E-state index in [4.69, 9.17) is 50.0 Å². The Hall–Kier alpha value is -1.93. The van der Waals surface area contributed by atoms with Crippen molar-refractivity contribution in [1.82, 2.24) is 4.98 Å². The summed E-state index contributed by atoms with van der Waals surface area (Å²) in [5.41, 5.74) is 1.57. The number of carbonyl (C=O) groups excluding carboxylic acids is 1. The molecule has 1 N–H and O–H groups in total. The molecule has 1 aromatic heterocycles. The lowest BCUT2D eigenvalue weighted by molar-refractivity contribution is 0.0427. The van der Waals surface area contributed by atoms with E-state index in [-0.39, 0.29) is 24.1 Å². The molecule has 1 aliphatic rings. The number of fused-ring (bicyclic) bond motifs is 1. The van der Waals surface area contributed by atoms with Crippen molar-refractivity contribution >= 4 is 52.3 Å². The molecular weight excluding hydrogens is 387 g/mol. The molecule has 0 bridgehead atoms. The van der Waals surface area contributed by atoms with Crippen molar-refractivity contribution in [2.24, 2.45) is 0 Å². The normalized spacial score (nSPS) is 13.2. The van der Waals surface area contributed by atoms with Gasteiger partial charge in [0.1, 0.15) is 12.3 Å². The molecule has 0 atom stereocenters. The Bertz CT molecular complexity index is 830. The van der Waals surface area contributed by atoms with Crippen LogP contribution in [0.15, 0.2) is 30.5 Å². The van der Waals surface area contributed by atoms with Crippen LogP contribution in [0.25, 0.3) is 0 Å². The standard InChI is InChI=1S/C16H12Cl2N2O4S/c17-10-5-9-8-20(16(25)24-14(9)12(18)6-10)11-1-2-13(19-7-11)15(22)23-4-3-21/h1-2,5-7,21H,3-4,8H2. The summed E-state index contributed by atoms with van der Waals surface area (Å²) in [6.45, 7) is 0.0861. The highest BCUT2D eigenvalue weighted by molar-refractivity contribution is 7.80. The van der Waals surface area contributed by atoms with Gasteiger partial charge in [0.25, 0.3) is 5.17 Å². The van der Waals surface area contributed by atoms with Crippen LogP contribution in [0.3, 0.4) is 0 Å². The zero-order valence-electron chi connectivity index (χ0n) is 12.7. The van der Waals surface area contributed by atoms with Gasteiger partial charge in [-0.3, -0.25) is 4.90 Å². The summed E-state index contributed by atoms with van der Waals surface area (Å²) >= 11 is 17.5. The minimum Gasteiger partial charge on any atom is -0.459 e. The molecule has 0 fully saturated rings. The van der Waals surface area contributed by atoms with Gasteiger partial charge in [0.05, 0.1) is 30.1 Å². The molecular formula is C16H12Cl2N2O4S. The van der Waals surface area contributed by atoms with Crippen LogP contribution in [0, 0.1) is 0 Å². The smallest absolute Gasteiger partial charge is 0.356 e. The number of nitrogens with zero attached hydrogens (tertiary/aromatic N) is 2. The summed E-state index contributed by atoms with van der Waals surface area (Å²) < 4.78 is 10.4. The second-order valence-electron chi connectivity index (χ2n) is 5.09. The molecule has 0 unspecified atom stereocenters. The average molecular weight is 399 g/mol. The predicted molar refractivity (Wildman–Crippen MR) is 97.5 cm³/mol. The molecule has 0 aliphatic carbocycles. The highest BCUT2D eigenvalue weighted by Gasteiger charge is 2.26. The third kappa shape index (κ3) is 3.85. The summed E-state index contributed by atoms with van der Waals surface area (Å²) in [4.78, 5) is 17.5. The number of thiocarbonyl (C=S) groups is 1. The summed E-state index contributed by atoms with van der Waals surface area (Å²) in [5.74, 6) is -0.119. The van der Waals surface area contributed by atoms with Crippen molar-refractivity contribution in [2.45, 2.75) is 6.54 Å². The van der Waals surface area contributed by atoms with Crippen LogP contribution in [-0.4, -0.2) is 34.4 Å². The number of anilines is 1. The largest absolute Gasteiger partial charge is 0.459 e. The Morgan fingerprint density at radius 3 is 2.88 bits per heavy atom. The van der Waals surface area contributed by atoms with Gasteiger partial charge in [-0.15, -0.1) is 0 Å². The Morgan fingerprint density at radius 2 is 2.20 bits per heavy atom. The predicted octanol–water partition coefficient (Wildman–Crippen LogP) is 3.22. The molecule has 2 heterocycles. The molecule has 6 nitrogen and oxygen atoms in total. The monoisotopic (exact) mass is 398 g/mol. The molecule has 0 spiro atoms. The molecule has 130 valence electrons. The fraction of sp³-hybridized carbons (Fsp3) is 0.188. The molecule has 25 heavy (non-hydrogen) atoms. The summed E-state index contributed by atoms with van der Waals surface area (Å²) in [7, 11) is 0. The number of rotatable bonds is 4. The average Bonchev–Trinajstić information content (AvgIpc) is 2.60. The van der Waals surface area contributed by atoms with Crippen LogP contribution in [0.1, 0.15) is 16.1 Å². The first-order chi connectivity index (χ1) is 12.0. The topological polar surface area (TPSA) is 71.9 Å². The highest BCUT2D eigenvalue weighted by Crippen LogP contribution is 2.37. The molecule has 2 aromatic rings. The SMILES string of the molecule is O=C(OCCO)c1ccc(N2Cc3cc(Cl)cc(Cl)c3OC2=S)cn1. The lowest BCUT2D eigenvalue weighted by atomic mass is 10.1. The molecule has 3 rings (SSSR count). The van der Waals surface area contributed by atoms with Crippen LogP contribution in [0.4, 0.5) is 5.69 Å². The zero-order valence-corrected chi connectivity index (χ0v) is 15.1. The van der Waals surface area contributed by atoms with E-state index in [1.54, 1.807) is 23.1 Å². The van der Waals surface area contributed by atoms with Gasteiger partial charge in [-0.25, -0.2) is 9.78 Å². The number of ether oxygens (including phenoxy) is 2. The van der Waals surface area contributed by atoms with E-state index in [0.717, 1.165) is 5.56 Å². The number of benzene rings is 1. The van der Waals surface area contributed by atoms with Crippen molar-refractivity contribution in [3.05, 3.63) is 51.8 Å². The maximum Gasteiger partial charge on any atom is 0.356 e. The lowest BCUT2D eigenvalue weighted by Crippen LogP contribution is -2.37. The molecule has 0 saturated heterocycles. The van der Waals surface area contributed by atoms with Crippen molar-refractivity contribution in [3.8, 4) is 5.75 Å². The highest BCUT2D eigenvalue weighted by atomic mass is 35.5. The lowest BCUT2D eigenvalue weighted by Gasteiger charge is -2.30.